The first-order valence-electron chi connectivity index (χ1n) is 3.79. The maximum Gasteiger partial charge on any atom is 0.115 e. The average molecular weight is 167 g/mol. The van der Waals surface area contributed by atoms with E-state index in [0.717, 1.165) is 5.69 Å². The molecule has 0 bridgehead atoms. The second kappa shape index (κ2) is 3.49. The Labute approximate surface area is 71.7 Å². The number of aromatic nitrogens is 2. The van der Waals surface area contributed by atoms with Crippen LogP contribution in [0.3, 0.4) is 0 Å². The highest BCUT2D eigenvalue weighted by Gasteiger charge is 2.11. The van der Waals surface area contributed by atoms with Crippen molar-refractivity contribution >= 4 is 5.69 Å². The van der Waals surface area contributed by atoms with Crippen LogP contribution >= 0.6 is 0 Å². The monoisotopic (exact) mass is 167 g/mol. The van der Waals surface area contributed by atoms with Gasteiger partial charge in [0.2, 0.25) is 0 Å². The molecule has 0 unspecified atom stereocenters. The summed E-state index contributed by atoms with van der Waals surface area (Å²) in [6.07, 6.45) is 4.80. The van der Waals surface area contributed by atoms with Crippen LogP contribution in [0.1, 0.15) is 13.8 Å². The van der Waals surface area contributed by atoms with E-state index in [-0.39, 0.29) is 0 Å². The molecule has 1 aromatic rings. The highest BCUT2D eigenvalue weighted by Crippen LogP contribution is 2.05. The van der Waals surface area contributed by atoms with Crippen LogP contribution in [-0.4, -0.2) is 27.2 Å². The topological polar surface area (TPSA) is 58.0 Å². The largest absolute Gasteiger partial charge is 0.389 e. The highest BCUT2D eigenvalue weighted by molar-refractivity contribution is 5.37. The fourth-order valence-corrected chi connectivity index (χ4v) is 0.709. The van der Waals surface area contributed by atoms with E-state index in [1.54, 1.807) is 26.2 Å². The van der Waals surface area contributed by atoms with Gasteiger partial charge in [-0.3, -0.25) is 0 Å². The molecular weight excluding hydrogens is 154 g/mol. The van der Waals surface area contributed by atoms with Crippen LogP contribution in [0, 0.1) is 0 Å². The van der Waals surface area contributed by atoms with E-state index in [1.165, 1.54) is 6.33 Å². The molecular formula is C8H13N3O. The smallest absolute Gasteiger partial charge is 0.115 e. The van der Waals surface area contributed by atoms with E-state index >= 15 is 0 Å². The molecule has 2 N–H and O–H groups in total. The van der Waals surface area contributed by atoms with Crippen LogP contribution in [0.15, 0.2) is 18.7 Å². The zero-order valence-corrected chi connectivity index (χ0v) is 7.28. The van der Waals surface area contributed by atoms with Crippen molar-refractivity contribution < 1.29 is 5.11 Å². The standard InChI is InChI=1S/C8H13N3O/c1-8(2,12)5-11-7-3-9-6-10-4-7/h3-4,6,11-12H,5H2,1-2H3. The molecule has 1 rings (SSSR count). The van der Waals surface area contributed by atoms with Crippen molar-refractivity contribution in [3.05, 3.63) is 18.7 Å². The minimum atomic E-state index is -0.712. The van der Waals surface area contributed by atoms with E-state index in [2.05, 4.69) is 15.3 Å². The Hall–Kier alpha value is -1.16. The lowest BCUT2D eigenvalue weighted by Gasteiger charge is -2.17. The zero-order chi connectivity index (χ0) is 9.03. The van der Waals surface area contributed by atoms with Crippen LogP contribution in [0.5, 0.6) is 0 Å². The first kappa shape index (κ1) is 8.93. The Kier molecular flexibility index (Phi) is 2.60. The number of nitrogens with zero attached hydrogens (tertiary/aromatic N) is 2. The second-order valence-electron chi connectivity index (χ2n) is 3.29. The van der Waals surface area contributed by atoms with Crippen molar-refractivity contribution in [1.82, 2.24) is 9.97 Å². The van der Waals surface area contributed by atoms with E-state index in [0.29, 0.717) is 6.54 Å². The third-order valence-electron chi connectivity index (χ3n) is 1.29. The van der Waals surface area contributed by atoms with E-state index < -0.39 is 5.60 Å². The molecule has 0 aliphatic carbocycles. The fourth-order valence-electron chi connectivity index (χ4n) is 0.709. The maximum absolute atomic E-state index is 9.38. The lowest BCUT2D eigenvalue weighted by Crippen LogP contribution is -2.29. The van der Waals surface area contributed by atoms with Gasteiger partial charge in [0.15, 0.2) is 0 Å². The van der Waals surface area contributed by atoms with E-state index in [4.69, 9.17) is 0 Å². The van der Waals surface area contributed by atoms with Gasteiger partial charge in [0.25, 0.3) is 0 Å². The van der Waals surface area contributed by atoms with E-state index in [9.17, 15) is 5.11 Å². The van der Waals surface area contributed by atoms with Gasteiger partial charge >= 0.3 is 0 Å². The van der Waals surface area contributed by atoms with Crippen LogP contribution in [0.25, 0.3) is 0 Å². The summed E-state index contributed by atoms with van der Waals surface area (Å²) in [6.45, 7) is 3.97. The molecule has 12 heavy (non-hydrogen) atoms. The molecule has 0 atom stereocenters. The van der Waals surface area contributed by atoms with Gasteiger partial charge in [-0.1, -0.05) is 0 Å². The first-order valence-corrected chi connectivity index (χ1v) is 3.79. The third-order valence-corrected chi connectivity index (χ3v) is 1.29. The van der Waals surface area contributed by atoms with Crippen LogP contribution in [-0.2, 0) is 0 Å². The second-order valence-corrected chi connectivity index (χ2v) is 3.29. The van der Waals surface area contributed by atoms with Crippen LogP contribution in [0.4, 0.5) is 5.69 Å². The number of nitrogens with one attached hydrogen (secondary N) is 1. The molecule has 0 fully saturated rings. The molecule has 66 valence electrons. The summed E-state index contributed by atoms with van der Waals surface area (Å²) in [7, 11) is 0. The van der Waals surface area contributed by atoms with Crippen LogP contribution < -0.4 is 5.32 Å². The highest BCUT2D eigenvalue weighted by atomic mass is 16.3. The fraction of sp³-hybridized carbons (Fsp3) is 0.500. The minimum Gasteiger partial charge on any atom is -0.389 e. The Morgan fingerprint density at radius 1 is 1.42 bits per heavy atom. The van der Waals surface area contributed by atoms with Crippen molar-refractivity contribution in [3.8, 4) is 0 Å². The van der Waals surface area contributed by atoms with Gasteiger partial charge in [0.05, 0.1) is 23.7 Å². The predicted molar refractivity (Wildman–Crippen MR) is 46.8 cm³/mol. The summed E-state index contributed by atoms with van der Waals surface area (Å²) in [4.78, 5) is 7.66. The van der Waals surface area contributed by atoms with Gasteiger partial charge in [0, 0.05) is 6.54 Å². The van der Waals surface area contributed by atoms with Gasteiger partial charge < -0.3 is 10.4 Å². The summed E-state index contributed by atoms with van der Waals surface area (Å²) in [5.41, 5.74) is 0.107. The van der Waals surface area contributed by atoms with Gasteiger partial charge in [-0.25, -0.2) is 9.97 Å². The Bertz CT molecular complexity index is 230. The predicted octanol–water partition coefficient (Wildman–Crippen LogP) is 0.659. The third kappa shape index (κ3) is 3.30. The van der Waals surface area contributed by atoms with E-state index in [1.807, 2.05) is 0 Å². The van der Waals surface area contributed by atoms with Gasteiger partial charge in [-0.15, -0.1) is 0 Å². The molecule has 0 aromatic carbocycles. The van der Waals surface area contributed by atoms with Crippen molar-refractivity contribution in [2.45, 2.75) is 19.4 Å². The molecule has 1 aromatic heterocycles. The van der Waals surface area contributed by atoms with Crippen LogP contribution in [0.2, 0.25) is 0 Å². The lowest BCUT2D eigenvalue weighted by molar-refractivity contribution is 0.0945. The van der Waals surface area contributed by atoms with Gasteiger partial charge in [-0.2, -0.15) is 0 Å². The SMILES string of the molecule is CC(C)(O)CNc1cncnc1. The summed E-state index contributed by atoms with van der Waals surface area (Å²) in [5.74, 6) is 0. The molecule has 0 saturated heterocycles. The van der Waals surface area contributed by atoms with Crippen molar-refractivity contribution in [3.63, 3.8) is 0 Å². The average Bonchev–Trinajstić information content (AvgIpc) is 2.02. The molecule has 4 heteroatoms. The Balaban J connectivity index is 2.44. The normalized spacial score (nSPS) is 11.2. The summed E-state index contributed by atoms with van der Waals surface area (Å²) < 4.78 is 0. The Morgan fingerprint density at radius 2 is 2.00 bits per heavy atom. The van der Waals surface area contributed by atoms with Crippen molar-refractivity contribution in [1.29, 1.82) is 0 Å². The molecule has 0 aliphatic heterocycles. The minimum absolute atomic E-state index is 0.486. The molecule has 0 radical (unpaired) electrons. The first-order chi connectivity index (χ1) is 5.58. The van der Waals surface area contributed by atoms with Crippen molar-refractivity contribution in [2.75, 3.05) is 11.9 Å². The maximum atomic E-state index is 9.38. The molecule has 0 saturated carbocycles. The molecule has 4 nitrogen and oxygen atoms in total. The summed E-state index contributed by atoms with van der Waals surface area (Å²) >= 11 is 0. The summed E-state index contributed by atoms with van der Waals surface area (Å²) in [6, 6.07) is 0. The molecule has 0 spiro atoms. The van der Waals surface area contributed by atoms with Crippen molar-refractivity contribution in [2.24, 2.45) is 0 Å². The quantitative estimate of drug-likeness (QED) is 0.694. The number of hydrogen-bond donors (Lipinski definition) is 2. The van der Waals surface area contributed by atoms with Gasteiger partial charge in [-0.05, 0) is 13.8 Å². The number of aliphatic hydroxyl groups is 1. The number of rotatable bonds is 3. The Morgan fingerprint density at radius 3 is 2.50 bits per heavy atom. The zero-order valence-electron chi connectivity index (χ0n) is 7.28. The summed E-state index contributed by atoms with van der Waals surface area (Å²) in [5, 5.41) is 12.4. The lowest BCUT2D eigenvalue weighted by atomic mass is 10.1. The molecule has 0 amide bonds. The number of hydrogen-bond acceptors (Lipinski definition) is 4. The molecule has 0 aliphatic rings. The number of anilines is 1. The van der Waals surface area contributed by atoms with Gasteiger partial charge in [0.1, 0.15) is 6.33 Å². The molecule has 1 heterocycles.